The third-order valence-electron chi connectivity index (χ3n) is 1.96. The summed E-state index contributed by atoms with van der Waals surface area (Å²) in [4.78, 5) is 0. The average Bonchev–Trinajstić information content (AvgIpc) is 1.85. The van der Waals surface area contributed by atoms with E-state index in [1.165, 1.54) is 6.42 Å². The lowest BCUT2D eigenvalue weighted by Gasteiger charge is -2.17. The minimum atomic E-state index is 0. The molecule has 2 fully saturated rings. The van der Waals surface area contributed by atoms with Gasteiger partial charge in [-0.2, -0.15) is 0 Å². The van der Waals surface area contributed by atoms with Gasteiger partial charge in [0.25, 0.3) is 0 Å². The van der Waals surface area contributed by atoms with Gasteiger partial charge >= 0.3 is 0 Å². The minimum Gasteiger partial charge on any atom is -0.381 e. The standard InChI is InChI=1S/C5H12N2.C3H6O.2ClH/c6-5-1-3-7-4-2-5;1-2-4-3-1;;/h5,7H,1-4,6H2;1-3H2;2*1H. The normalized spacial score (nSPS) is 21.0. The van der Waals surface area contributed by atoms with E-state index in [4.69, 9.17) is 10.5 Å². The summed E-state index contributed by atoms with van der Waals surface area (Å²) in [6.45, 7) is 4.22. The maximum absolute atomic E-state index is 5.59. The molecule has 3 nitrogen and oxygen atoms in total. The van der Waals surface area contributed by atoms with Crippen molar-refractivity contribution in [3.8, 4) is 0 Å². The summed E-state index contributed by atoms with van der Waals surface area (Å²) in [5.41, 5.74) is 5.59. The molecule has 2 aliphatic heterocycles. The smallest absolute Gasteiger partial charge is 0.0488 e. The first kappa shape index (κ1) is 15.9. The molecule has 0 unspecified atom stereocenters. The zero-order valence-corrected chi connectivity index (χ0v) is 9.46. The van der Waals surface area contributed by atoms with E-state index in [9.17, 15) is 0 Å². The Morgan fingerprint density at radius 3 is 1.62 bits per heavy atom. The highest BCUT2D eigenvalue weighted by Crippen LogP contribution is 1.96. The minimum absolute atomic E-state index is 0. The molecule has 3 N–H and O–H groups in total. The number of hydrogen-bond acceptors (Lipinski definition) is 3. The van der Waals surface area contributed by atoms with Crippen LogP contribution in [0.3, 0.4) is 0 Å². The largest absolute Gasteiger partial charge is 0.381 e. The Kier molecular flexibility index (Phi) is 12.9. The quantitative estimate of drug-likeness (QED) is 0.652. The molecule has 2 aliphatic rings. The monoisotopic (exact) mass is 230 g/mol. The molecule has 2 heterocycles. The second-order valence-corrected chi connectivity index (χ2v) is 3.05. The Labute approximate surface area is 92.6 Å². The highest BCUT2D eigenvalue weighted by atomic mass is 35.5. The van der Waals surface area contributed by atoms with Crippen LogP contribution < -0.4 is 11.1 Å². The molecule has 0 aliphatic carbocycles. The SMILES string of the molecule is C1COC1.Cl.Cl.NC1CCNCC1. The van der Waals surface area contributed by atoms with Gasteiger partial charge in [0.1, 0.15) is 0 Å². The summed E-state index contributed by atoms with van der Waals surface area (Å²) in [5.74, 6) is 0. The first-order chi connectivity index (χ1) is 5.39. The topological polar surface area (TPSA) is 47.3 Å². The second-order valence-electron chi connectivity index (χ2n) is 3.05. The predicted octanol–water partition coefficient (Wildman–Crippen LogP) is 0.947. The summed E-state index contributed by atoms with van der Waals surface area (Å²) < 4.78 is 4.72. The summed E-state index contributed by atoms with van der Waals surface area (Å²) in [7, 11) is 0. The van der Waals surface area contributed by atoms with E-state index in [1.54, 1.807) is 0 Å². The molecule has 0 bridgehead atoms. The van der Waals surface area contributed by atoms with Crippen LogP contribution in [0.25, 0.3) is 0 Å². The van der Waals surface area contributed by atoms with Crippen molar-refractivity contribution in [3.05, 3.63) is 0 Å². The van der Waals surface area contributed by atoms with Crippen LogP contribution in [-0.2, 0) is 4.74 Å². The Balaban J connectivity index is 0. The second kappa shape index (κ2) is 10.5. The highest BCUT2D eigenvalue weighted by molar-refractivity contribution is 5.85. The molecular weight excluding hydrogens is 211 g/mol. The predicted molar refractivity (Wildman–Crippen MR) is 60.0 cm³/mol. The number of nitrogens with two attached hydrogens (primary N) is 1. The van der Waals surface area contributed by atoms with Crippen LogP contribution in [0, 0.1) is 0 Å². The lowest BCUT2D eigenvalue weighted by molar-refractivity contribution is 0.0367. The molecular formula is C8H20Cl2N2O. The third kappa shape index (κ3) is 8.78. The van der Waals surface area contributed by atoms with Crippen molar-refractivity contribution in [3.63, 3.8) is 0 Å². The number of piperidine rings is 1. The van der Waals surface area contributed by atoms with Crippen molar-refractivity contribution in [2.24, 2.45) is 5.73 Å². The van der Waals surface area contributed by atoms with Gasteiger partial charge in [0.2, 0.25) is 0 Å². The summed E-state index contributed by atoms with van der Waals surface area (Å²) in [5, 5.41) is 3.24. The lowest BCUT2D eigenvalue weighted by atomic mass is 10.1. The molecule has 2 rings (SSSR count). The third-order valence-corrected chi connectivity index (χ3v) is 1.96. The molecule has 0 aromatic rings. The number of hydrogen-bond donors (Lipinski definition) is 2. The van der Waals surface area contributed by atoms with Gasteiger partial charge in [-0.15, -0.1) is 24.8 Å². The molecule has 0 saturated carbocycles. The summed E-state index contributed by atoms with van der Waals surface area (Å²) >= 11 is 0. The highest BCUT2D eigenvalue weighted by Gasteiger charge is 2.05. The molecule has 2 saturated heterocycles. The molecule has 5 heteroatoms. The molecule has 0 aromatic heterocycles. The van der Waals surface area contributed by atoms with Crippen molar-refractivity contribution in [2.45, 2.75) is 25.3 Å². The van der Waals surface area contributed by atoms with Crippen molar-refractivity contribution < 1.29 is 4.74 Å². The van der Waals surface area contributed by atoms with Crippen molar-refractivity contribution >= 4 is 24.8 Å². The fraction of sp³-hybridized carbons (Fsp3) is 1.00. The van der Waals surface area contributed by atoms with E-state index in [1.807, 2.05) is 0 Å². The number of nitrogens with one attached hydrogen (secondary N) is 1. The summed E-state index contributed by atoms with van der Waals surface area (Å²) in [6, 6.07) is 0.473. The Hall–Kier alpha value is 0.460. The fourth-order valence-electron chi connectivity index (χ4n) is 0.989. The number of ether oxygens (including phenoxy) is 1. The fourth-order valence-corrected chi connectivity index (χ4v) is 0.989. The first-order valence-corrected chi connectivity index (χ1v) is 4.43. The number of halogens is 2. The van der Waals surface area contributed by atoms with E-state index in [0.29, 0.717) is 6.04 Å². The van der Waals surface area contributed by atoms with Crippen LogP contribution >= 0.6 is 24.8 Å². The molecule has 0 radical (unpaired) electrons. The maximum Gasteiger partial charge on any atom is 0.0488 e. The van der Waals surface area contributed by atoms with Crippen LogP contribution in [0.4, 0.5) is 0 Å². The van der Waals surface area contributed by atoms with E-state index < -0.39 is 0 Å². The van der Waals surface area contributed by atoms with E-state index in [2.05, 4.69) is 5.32 Å². The molecule has 82 valence electrons. The van der Waals surface area contributed by atoms with E-state index in [-0.39, 0.29) is 24.8 Å². The van der Waals surface area contributed by atoms with Gasteiger partial charge in [-0.05, 0) is 32.4 Å². The van der Waals surface area contributed by atoms with Gasteiger partial charge in [-0.3, -0.25) is 0 Å². The van der Waals surface area contributed by atoms with E-state index >= 15 is 0 Å². The zero-order valence-electron chi connectivity index (χ0n) is 7.83. The molecule has 0 aromatic carbocycles. The van der Waals surface area contributed by atoms with Gasteiger partial charge in [0.15, 0.2) is 0 Å². The van der Waals surface area contributed by atoms with Crippen LogP contribution in [0.5, 0.6) is 0 Å². The summed E-state index contributed by atoms with van der Waals surface area (Å²) in [6.07, 6.45) is 3.58. The van der Waals surface area contributed by atoms with Crippen molar-refractivity contribution in [1.29, 1.82) is 0 Å². The van der Waals surface area contributed by atoms with Crippen LogP contribution in [0.15, 0.2) is 0 Å². The first-order valence-electron chi connectivity index (χ1n) is 4.43. The van der Waals surface area contributed by atoms with Crippen LogP contribution in [0.1, 0.15) is 19.3 Å². The van der Waals surface area contributed by atoms with Gasteiger partial charge in [0, 0.05) is 19.3 Å². The van der Waals surface area contributed by atoms with Gasteiger partial charge in [-0.1, -0.05) is 0 Å². The Morgan fingerprint density at radius 2 is 1.46 bits per heavy atom. The molecule has 0 atom stereocenters. The van der Waals surface area contributed by atoms with Crippen molar-refractivity contribution in [2.75, 3.05) is 26.3 Å². The van der Waals surface area contributed by atoms with E-state index in [0.717, 1.165) is 39.1 Å². The van der Waals surface area contributed by atoms with Gasteiger partial charge < -0.3 is 15.8 Å². The Bertz CT molecular complexity index is 92.1. The van der Waals surface area contributed by atoms with Crippen LogP contribution in [-0.4, -0.2) is 32.3 Å². The van der Waals surface area contributed by atoms with Crippen molar-refractivity contribution in [1.82, 2.24) is 5.32 Å². The Morgan fingerprint density at radius 1 is 1.08 bits per heavy atom. The number of rotatable bonds is 0. The molecule has 13 heavy (non-hydrogen) atoms. The van der Waals surface area contributed by atoms with Gasteiger partial charge in [-0.25, -0.2) is 0 Å². The van der Waals surface area contributed by atoms with Gasteiger partial charge in [0.05, 0.1) is 0 Å². The maximum atomic E-state index is 5.59. The average molecular weight is 231 g/mol. The molecule has 0 spiro atoms. The molecule has 0 amide bonds. The zero-order chi connectivity index (χ0) is 7.94. The van der Waals surface area contributed by atoms with Crippen LogP contribution in [0.2, 0.25) is 0 Å². The lowest BCUT2D eigenvalue weighted by Crippen LogP contribution is -2.35.